The molecule has 0 amide bonds. The van der Waals surface area contributed by atoms with Crippen molar-refractivity contribution in [2.45, 2.75) is 26.4 Å². The van der Waals surface area contributed by atoms with Crippen LogP contribution in [0.25, 0.3) is 0 Å². The molecule has 0 bridgehead atoms. The zero-order valence-electron chi connectivity index (χ0n) is 7.70. The lowest BCUT2D eigenvalue weighted by atomic mass is 9.97. The summed E-state index contributed by atoms with van der Waals surface area (Å²) in [4.78, 5) is 0. The molecule has 1 nitrogen and oxygen atoms in total. The molecular formula is C11H16O. The summed E-state index contributed by atoms with van der Waals surface area (Å²) in [6.45, 7) is 3.91. The fourth-order valence-electron chi connectivity index (χ4n) is 1.16. The summed E-state index contributed by atoms with van der Waals surface area (Å²) in [7, 11) is 0. The van der Waals surface area contributed by atoms with Crippen molar-refractivity contribution in [3.63, 3.8) is 0 Å². The van der Waals surface area contributed by atoms with E-state index in [-0.39, 0.29) is 6.10 Å². The molecule has 1 rings (SSSR count). The third kappa shape index (κ3) is 2.67. The molecule has 1 N–H and O–H groups in total. The van der Waals surface area contributed by atoms with Crippen LogP contribution in [0.2, 0.25) is 0 Å². The Balaban J connectivity index is 2.53. The maximum absolute atomic E-state index is 9.28. The van der Waals surface area contributed by atoms with E-state index in [0.717, 1.165) is 6.42 Å². The number of aliphatic hydroxyl groups excluding tert-OH is 1. The van der Waals surface area contributed by atoms with E-state index in [1.54, 1.807) is 0 Å². The highest BCUT2D eigenvalue weighted by Gasteiger charge is 2.08. The molecule has 12 heavy (non-hydrogen) atoms. The van der Waals surface area contributed by atoms with Crippen LogP contribution in [-0.4, -0.2) is 11.2 Å². The number of hydrogen-bond acceptors (Lipinski definition) is 1. The minimum atomic E-state index is -0.217. The highest BCUT2D eigenvalue weighted by molar-refractivity contribution is 5.15. The first-order valence-electron chi connectivity index (χ1n) is 4.42. The van der Waals surface area contributed by atoms with E-state index >= 15 is 0 Å². The quantitative estimate of drug-likeness (QED) is 0.726. The fraction of sp³-hybridized carbons (Fsp3) is 0.455. The Hall–Kier alpha value is -0.820. The van der Waals surface area contributed by atoms with Crippen LogP contribution < -0.4 is 0 Å². The van der Waals surface area contributed by atoms with Crippen molar-refractivity contribution < 1.29 is 5.11 Å². The summed E-state index contributed by atoms with van der Waals surface area (Å²) in [6.07, 6.45) is 0.739. The minimum Gasteiger partial charge on any atom is -0.393 e. The van der Waals surface area contributed by atoms with Crippen LogP contribution in [0.4, 0.5) is 0 Å². The number of benzene rings is 1. The lowest BCUT2D eigenvalue weighted by Crippen LogP contribution is -2.15. The van der Waals surface area contributed by atoms with Crippen LogP contribution >= 0.6 is 0 Å². The van der Waals surface area contributed by atoms with Gasteiger partial charge in [-0.2, -0.15) is 0 Å². The maximum Gasteiger partial charge on any atom is 0.0540 e. The topological polar surface area (TPSA) is 20.2 Å². The summed E-state index contributed by atoms with van der Waals surface area (Å²) < 4.78 is 0. The summed E-state index contributed by atoms with van der Waals surface area (Å²) in [6, 6.07) is 10.3. The fourth-order valence-corrected chi connectivity index (χ4v) is 1.16. The smallest absolute Gasteiger partial charge is 0.0540 e. The van der Waals surface area contributed by atoms with E-state index in [9.17, 15) is 5.11 Å². The van der Waals surface area contributed by atoms with Gasteiger partial charge in [-0.25, -0.2) is 0 Å². The van der Waals surface area contributed by atoms with Gasteiger partial charge in [-0.3, -0.25) is 0 Å². The molecule has 1 heteroatoms. The molecule has 0 unspecified atom stereocenters. The molecule has 0 aliphatic rings. The Morgan fingerprint density at radius 3 is 2.25 bits per heavy atom. The largest absolute Gasteiger partial charge is 0.393 e. The molecule has 0 aliphatic heterocycles. The number of rotatable bonds is 3. The third-order valence-corrected chi connectivity index (χ3v) is 2.22. The number of hydrogen-bond donors (Lipinski definition) is 1. The Kier molecular flexibility index (Phi) is 3.30. The summed E-state index contributed by atoms with van der Waals surface area (Å²) in [5.41, 5.74) is 1.30. The van der Waals surface area contributed by atoms with Crippen molar-refractivity contribution in [2.75, 3.05) is 0 Å². The first-order chi connectivity index (χ1) is 5.70. The van der Waals surface area contributed by atoms with Gasteiger partial charge in [-0.15, -0.1) is 0 Å². The number of aliphatic hydroxyl groups is 1. The Labute approximate surface area is 74.1 Å². The van der Waals surface area contributed by atoms with Crippen LogP contribution in [-0.2, 0) is 6.42 Å². The molecule has 0 saturated carbocycles. The van der Waals surface area contributed by atoms with Crippen molar-refractivity contribution in [2.24, 2.45) is 5.92 Å². The molecule has 66 valence electrons. The molecule has 0 radical (unpaired) electrons. The first-order valence-corrected chi connectivity index (χ1v) is 4.42. The molecule has 1 aromatic rings. The van der Waals surface area contributed by atoms with E-state index < -0.39 is 0 Å². The van der Waals surface area contributed by atoms with Gasteiger partial charge in [0.15, 0.2) is 0 Å². The summed E-state index contributed by atoms with van der Waals surface area (Å²) in [5.74, 6) is 0.340. The van der Waals surface area contributed by atoms with Crippen molar-refractivity contribution in [3.8, 4) is 0 Å². The average Bonchev–Trinajstić information content (AvgIpc) is 2.06. The molecule has 1 aromatic carbocycles. The van der Waals surface area contributed by atoms with Crippen LogP contribution in [0.5, 0.6) is 0 Å². The Morgan fingerprint density at radius 2 is 1.75 bits per heavy atom. The summed E-state index contributed by atoms with van der Waals surface area (Å²) >= 11 is 0. The molecular weight excluding hydrogens is 148 g/mol. The van der Waals surface area contributed by atoms with Gasteiger partial charge in [0.05, 0.1) is 6.10 Å². The predicted molar refractivity (Wildman–Crippen MR) is 51.0 cm³/mol. The van der Waals surface area contributed by atoms with Gasteiger partial charge in [-0.05, 0) is 24.8 Å². The molecule has 0 spiro atoms. The monoisotopic (exact) mass is 164 g/mol. The standard InChI is InChI=1S/C11H16O/c1-9(10(2)12)8-11-6-4-3-5-7-11/h3-7,9-10,12H,8H2,1-2H3/t9-,10+/m1/s1. The van der Waals surface area contributed by atoms with Crippen molar-refractivity contribution in [1.82, 2.24) is 0 Å². The van der Waals surface area contributed by atoms with Gasteiger partial charge >= 0.3 is 0 Å². The van der Waals surface area contributed by atoms with Gasteiger partial charge in [-0.1, -0.05) is 37.3 Å². The highest BCUT2D eigenvalue weighted by Crippen LogP contribution is 2.11. The van der Waals surface area contributed by atoms with Crippen LogP contribution in [0.3, 0.4) is 0 Å². The van der Waals surface area contributed by atoms with E-state index in [2.05, 4.69) is 19.1 Å². The van der Waals surface area contributed by atoms with Crippen LogP contribution in [0, 0.1) is 5.92 Å². The first kappa shape index (κ1) is 9.27. The third-order valence-electron chi connectivity index (χ3n) is 2.22. The van der Waals surface area contributed by atoms with Crippen LogP contribution in [0.15, 0.2) is 30.3 Å². The van der Waals surface area contributed by atoms with Gasteiger partial charge in [0, 0.05) is 0 Å². The van der Waals surface area contributed by atoms with Crippen LogP contribution in [0.1, 0.15) is 19.4 Å². The zero-order chi connectivity index (χ0) is 8.97. The predicted octanol–water partition coefficient (Wildman–Crippen LogP) is 2.25. The second kappa shape index (κ2) is 4.27. The molecule has 0 fully saturated rings. The highest BCUT2D eigenvalue weighted by atomic mass is 16.3. The molecule has 0 aromatic heterocycles. The average molecular weight is 164 g/mol. The molecule has 0 saturated heterocycles. The lowest BCUT2D eigenvalue weighted by Gasteiger charge is -2.13. The molecule has 0 aliphatic carbocycles. The van der Waals surface area contributed by atoms with Gasteiger partial charge < -0.3 is 5.11 Å². The van der Waals surface area contributed by atoms with E-state index in [4.69, 9.17) is 0 Å². The second-order valence-corrected chi connectivity index (χ2v) is 3.41. The normalized spacial score (nSPS) is 15.6. The Bertz CT molecular complexity index is 216. The lowest BCUT2D eigenvalue weighted by molar-refractivity contribution is 0.135. The molecule has 2 atom stereocenters. The SMILES string of the molecule is C[C@H](O)[C@H](C)Cc1ccccc1. The second-order valence-electron chi connectivity index (χ2n) is 3.41. The van der Waals surface area contributed by atoms with Gasteiger partial charge in [0.2, 0.25) is 0 Å². The zero-order valence-corrected chi connectivity index (χ0v) is 7.70. The van der Waals surface area contributed by atoms with E-state index in [1.165, 1.54) is 5.56 Å². The van der Waals surface area contributed by atoms with E-state index in [1.807, 2.05) is 25.1 Å². The van der Waals surface area contributed by atoms with Crippen molar-refractivity contribution in [1.29, 1.82) is 0 Å². The maximum atomic E-state index is 9.28. The Morgan fingerprint density at radius 1 is 1.17 bits per heavy atom. The van der Waals surface area contributed by atoms with Gasteiger partial charge in [0.1, 0.15) is 0 Å². The van der Waals surface area contributed by atoms with Crippen molar-refractivity contribution in [3.05, 3.63) is 35.9 Å². The summed E-state index contributed by atoms with van der Waals surface area (Å²) in [5, 5.41) is 9.28. The van der Waals surface area contributed by atoms with Crippen molar-refractivity contribution >= 4 is 0 Å². The molecule has 0 heterocycles. The van der Waals surface area contributed by atoms with E-state index in [0.29, 0.717) is 5.92 Å². The minimum absolute atomic E-state index is 0.217. The van der Waals surface area contributed by atoms with Gasteiger partial charge in [0.25, 0.3) is 0 Å².